The summed E-state index contributed by atoms with van der Waals surface area (Å²) in [5.74, 6) is -3.01. The zero-order valence-corrected chi connectivity index (χ0v) is 14.3. The largest absolute Gasteiger partial charge is 0.542 e. The van der Waals surface area contributed by atoms with Gasteiger partial charge in [0.15, 0.2) is 0 Å². The molecule has 0 aliphatic heterocycles. The Balaban J connectivity index is 0. The first-order chi connectivity index (χ1) is 10.6. The molecule has 0 radical (unpaired) electrons. The zero-order chi connectivity index (χ0) is 18.4. The number of alkyl halides is 3. The lowest BCUT2D eigenvalue weighted by molar-refractivity contribution is -0.891. The molecule has 0 aromatic heterocycles. The highest BCUT2D eigenvalue weighted by atomic mass is 19.4. The van der Waals surface area contributed by atoms with E-state index in [1.165, 1.54) is 38.6 Å². The number of rotatable bonds is 11. The maximum absolute atomic E-state index is 10.5. The van der Waals surface area contributed by atoms with Crippen molar-refractivity contribution in [3.05, 3.63) is 0 Å². The van der Waals surface area contributed by atoms with Gasteiger partial charge in [0, 0.05) is 0 Å². The van der Waals surface area contributed by atoms with E-state index in [-0.39, 0.29) is 6.61 Å². The van der Waals surface area contributed by atoms with Gasteiger partial charge in [-0.2, -0.15) is 13.2 Å². The minimum absolute atomic E-state index is 0.129. The Kier molecular flexibility index (Phi) is 14.4. The Bertz CT molecular complexity index is 297. The highest BCUT2D eigenvalue weighted by Gasteiger charge is 2.28. The van der Waals surface area contributed by atoms with Crippen LogP contribution >= 0.6 is 0 Å². The van der Waals surface area contributed by atoms with E-state index in [2.05, 4.69) is 21.0 Å². The molecular formula is C15H30F3NO4. The van der Waals surface area contributed by atoms with E-state index < -0.39 is 12.1 Å². The van der Waals surface area contributed by atoms with E-state index in [4.69, 9.17) is 19.7 Å². The van der Waals surface area contributed by atoms with Gasteiger partial charge in [-0.3, -0.25) is 0 Å². The number of aliphatic carboxylic acids is 1. The summed E-state index contributed by atoms with van der Waals surface area (Å²) >= 11 is 0. The lowest BCUT2D eigenvalue weighted by atomic mass is 10.1. The Morgan fingerprint density at radius 3 is 2.04 bits per heavy atom. The molecule has 0 amide bonds. The fraction of sp³-hybridized carbons (Fsp3) is 0.933. The number of likely N-dealkylation sites (N-methyl/N-ethyl adjacent to an activating group) is 1. The van der Waals surface area contributed by atoms with E-state index in [0.717, 1.165) is 17.6 Å². The minimum atomic E-state index is -5.19. The molecule has 5 nitrogen and oxygen atoms in total. The number of carboxylic acids is 1. The minimum Gasteiger partial charge on any atom is -0.542 e. The van der Waals surface area contributed by atoms with Crippen LogP contribution in [0.5, 0.6) is 0 Å². The molecule has 0 unspecified atom stereocenters. The van der Waals surface area contributed by atoms with Crippen molar-refractivity contribution in [1.82, 2.24) is 0 Å². The normalized spacial score (nSPS) is 11.8. The fourth-order valence-corrected chi connectivity index (χ4v) is 1.73. The first-order valence-electron chi connectivity index (χ1n) is 7.85. The van der Waals surface area contributed by atoms with Crippen LogP contribution in [0.15, 0.2) is 0 Å². The van der Waals surface area contributed by atoms with E-state index in [1.807, 2.05) is 0 Å². The molecule has 0 bridgehead atoms. The van der Waals surface area contributed by atoms with E-state index >= 15 is 0 Å². The predicted octanol–water partition coefficient (Wildman–Crippen LogP) is 1.34. The van der Waals surface area contributed by atoms with Crippen LogP contribution in [0.2, 0.25) is 0 Å². The van der Waals surface area contributed by atoms with Crippen molar-refractivity contribution in [2.45, 2.75) is 45.2 Å². The van der Waals surface area contributed by atoms with Crippen molar-refractivity contribution in [3.63, 3.8) is 0 Å². The van der Waals surface area contributed by atoms with Gasteiger partial charge in [0.25, 0.3) is 0 Å². The number of carbonyl (C=O) groups excluding carboxylic acids is 1. The van der Waals surface area contributed by atoms with Crippen molar-refractivity contribution in [2.24, 2.45) is 0 Å². The molecule has 0 fully saturated rings. The van der Waals surface area contributed by atoms with Crippen LogP contribution in [0.1, 0.15) is 39.0 Å². The number of carbonyl (C=O) groups is 1. The Labute approximate surface area is 136 Å². The van der Waals surface area contributed by atoms with Crippen LogP contribution in [-0.4, -0.2) is 68.7 Å². The molecule has 0 spiro atoms. The smallest absolute Gasteiger partial charge is 0.430 e. The quantitative estimate of drug-likeness (QED) is 0.453. The molecule has 0 saturated heterocycles. The van der Waals surface area contributed by atoms with Crippen LogP contribution in [0.4, 0.5) is 13.2 Å². The summed E-state index contributed by atoms with van der Waals surface area (Å²) in [6, 6.07) is 0. The fourth-order valence-electron chi connectivity index (χ4n) is 1.73. The van der Waals surface area contributed by atoms with Gasteiger partial charge < -0.3 is 24.2 Å². The van der Waals surface area contributed by atoms with Crippen molar-refractivity contribution < 1.29 is 37.4 Å². The summed E-state index contributed by atoms with van der Waals surface area (Å²) < 4.78 is 37.9. The standard InChI is InChI=1S/C13H30NO2.C2HF3O2/c1-4-5-6-7-8-9-14(2,3)10-12-16-13-11-15;3-2(4,5)1(6)7/h15H,4-13H2,1-3H3;(H,6,7)/q+1;/p-1. The van der Waals surface area contributed by atoms with Gasteiger partial charge in [0.1, 0.15) is 12.5 Å². The number of hydrogen-bond acceptors (Lipinski definition) is 4. The number of ether oxygens (including phenoxy) is 1. The Hall–Kier alpha value is -0.860. The number of unbranched alkanes of at least 4 members (excludes halogenated alkanes) is 4. The highest BCUT2D eigenvalue weighted by molar-refractivity contribution is 5.70. The summed E-state index contributed by atoms with van der Waals surface area (Å²) in [6.07, 6.45) is 1.53. The third kappa shape index (κ3) is 19.1. The molecule has 0 aliphatic rings. The van der Waals surface area contributed by atoms with Crippen LogP contribution in [0, 0.1) is 0 Å². The molecule has 0 saturated carbocycles. The van der Waals surface area contributed by atoms with Gasteiger partial charge >= 0.3 is 6.18 Å². The molecule has 1 N–H and O–H groups in total. The highest BCUT2D eigenvalue weighted by Crippen LogP contribution is 2.11. The first kappa shape index (κ1) is 24.4. The second-order valence-electron chi connectivity index (χ2n) is 5.92. The second kappa shape index (κ2) is 13.6. The number of carboxylic acid groups (broad SMARTS) is 1. The topological polar surface area (TPSA) is 69.6 Å². The van der Waals surface area contributed by atoms with E-state index in [0.29, 0.717) is 6.61 Å². The summed E-state index contributed by atoms with van der Waals surface area (Å²) in [4.78, 5) is 8.78. The Morgan fingerprint density at radius 1 is 1.09 bits per heavy atom. The van der Waals surface area contributed by atoms with Crippen LogP contribution in [-0.2, 0) is 9.53 Å². The SMILES string of the molecule is CCCCCCC[N+](C)(C)CCOCCO.O=C([O-])C(F)(F)F. The third-order valence-electron chi connectivity index (χ3n) is 3.18. The zero-order valence-electron chi connectivity index (χ0n) is 14.3. The number of quaternary nitrogens is 1. The molecule has 0 heterocycles. The molecule has 8 heteroatoms. The Morgan fingerprint density at radius 2 is 1.61 bits per heavy atom. The molecule has 0 aromatic rings. The summed E-state index contributed by atoms with van der Waals surface area (Å²) in [7, 11) is 4.50. The van der Waals surface area contributed by atoms with Crippen LogP contribution < -0.4 is 5.11 Å². The summed E-state index contributed by atoms with van der Waals surface area (Å²) in [5, 5.41) is 17.4. The predicted molar refractivity (Wildman–Crippen MR) is 79.6 cm³/mol. The van der Waals surface area contributed by atoms with Gasteiger partial charge in [-0.15, -0.1) is 0 Å². The average molecular weight is 345 g/mol. The summed E-state index contributed by atoms with van der Waals surface area (Å²) in [6.45, 7) is 5.86. The number of nitrogens with zero attached hydrogens (tertiary/aromatic N) is 1. The molecule has 23 heavy (non-hydrogen) atoms. The van der Waals surface area contributed by atoms with Crippen molar-refractivity contribution >= 4 is 5.97 Å². The van der Waals surface area contributed by atoms with Crippen LogP contribution in [0.3, 0.4) is 0 Å². The number of aliphatic hydroxyl groups excluding tert-OH is 1. The molecule has 0 atom stereocenters. The van der Waals surface area contributed by atoms with Crippen molar-refractivity contribution in [1.29, 1.82) is 0 Å². The van der Waals surface area contributed by atoms with Crippen molar-refractivity contribution in [2.75, 3.05) is 47.0 Å². The first-order valence-corrected chi connectivity index (χ1v) is 7.85. The second-order valence-corrected chi connectivity index (χ2v) is 5.92. The van der Waals surface area contributed by atoms with Crippen LogP contribution in [0.25, 0.3) is 0 Å². The van der Waals surface area contributed by atoms with Gasteiger partial charge in [-0.1, -0.05) is 26.2 Å². The molecular weight excluding hydrogens is 315 g/mol. The van der Waals surface area contributed by atoms with Gasteiger partial charge in [-0.25, -0.2) is 0 Å². The number of hydrogen-bond donors (Lipinski definition) is 1. The molecule has 140 valence electrons. The maximum Gasteiger partial charge on any atom is 0.430 e. The van der Waals surface area contributed by atoms with Gasteiger partial charge in [0.2, 0.25) is 0 Å². The molecule has 0 aliphatic carbocycles. The lowest BCUT2D eigenvalue weighted by Crippen LogP contribution is -2.43. The van der Waals surface area contributed by atoms with Gasteiger partial charge in [0.05, 0.1) is 40.5 Å². The third-order valence-corrected chi connectivity index (χ3v) is 3.18. The lowest BCUT2D eigenvalue weighted by Gasteiger charge is -2.29. The molecule has 0 aromatic carbocycles. The van der Waals surface area contributed by atoms with Gasteiger partial charge in [-0.05, 0) is 12.8 Å². The monoisotopic (exact) mass is 345 g/mol. The van der Waals surface area contributed by atoms with Crippen molar-refractivity contribution in [3.8, 4) is 0 Å². The molecule has 0 rings (SSSR count). The average Bonchev–Trinajstić information content (AvgIpc) is 2.43. The van der Waals surface area contributed by atoms with E-state index in [9.17, 15) is 13.2 Å². The summed E-state index contributed by atoms with van der Waals surface area (Å²) in [5.41, 5.74) is 0. The van der Waals surface area contributed by atoms with E-state index in [1.54, 1.807) is 0 Å². The number of halogens is 3. The maximum atomic E-state index is 10.5. The number of aliphatic hydroxyl groups is 1.